The van der Waals surface area contributed by atoms with Gasteiger partial charge in [0, 0.05) is 45.5 Å². The van der Waals surface area contributed by atoms with Crippen molar-refractivity contribution in [3.63, 3.8) is 0 Å². The molecule has 0 bridgehead atoms. The first kappa shape index (κ1) is 21.5. The van der Waals surface area contributed by atoms with E-state index in [9.17, 15) is 0 Å². The highest BCUT2D eigenvalue weighted by molar-refractivity contribution is 6.17. The molecular weight excluding hydrogens is 526 g/mol. The fourth-order valence-corrected chi connectivity index (χ4v) is 9.95. The lowest BCUT2D eigenvalue weighted by atomic mass is 9.75. The van der Waals surface area contributed by atoms with Crippen LogP contribution in [0.25, 0.3) is 60.8 Å². The molecule has 202 valence electrons. The number of hydrogen-bond acceptors (Lipinski definition) is 0. The van der Waals surface area contributed by atoms with E-state index in [2.05, 4.69) is 142 Å². The third kappa shape index (κ3) is 1.84. The Labute approximate surface area is 247 Å². The molecule has 1 unspecified atom stereocenters. The van der Waals surface area contributed by atoms with Crippen LogP contribution in [0.1, 0.15) is 47.5 Å². The highest BCUT2D eigenvalue weighted by Gasteiger charge is 2.69. The molecule has 0 amide bonds. The zero-order valence-electron chi connectivity index (χ0n) is 24.4. The van der Waals surface area contributed by atoms with Gasteiger partial charge in [-0.3, -0.25) is 0 Å². The van der Waals surface area contributed by atoms with Crippen LogP contribution in [0.3, 0.4) is 0 Å². The lowest BCUT2D eigenvalue weighted by Crippen LogP contribution is -2.78. The number of hydrogen-bond donors (Lipinski definition) is 0. The van der Waals surface area contributed by atoms with E-state index in [1.807, 2.05) is 0 Å². The van der Waals surface area contributed by atoms with Gasteiger partial charge in [0.25, 0.3) is 5.82 Å². The van der Waals surface area contributed by atoms with Crippen LogP contribution in [0.15, 0.2) is 91.1 Å². The van der Waals surface area contributed by atoms with Gasteiger partial charge in [-0.1, -0.05) is 48.9 Å². The molecule has 0 radical (unpaired) electrons. The molecule has 12 rings (SSSR count). The molecular formula is C38H27N5+2. The van der Waals surface area contributed by atoms with E-state index >= 15 is 0 Å². The Bertz CT molecular complexity index is 2730. The Balaban J connectivity index is 1.50. The van der Waals surface area contributed by atoms with Crippen LogP contribution in [-0.4, -0.2) is 13.8 Å². The molecule has 0 fully saturated rings. The summed E-state index contributed by atoms with van der Waals surface area (Å²) in [5, 5.41) is 5.31. The van der Waals surface area contributed by atoms with Crippen LogP contribution < -0.4 is 9.25 Å². The van der Waals surface area contributed by atoms with E-state index in [1.54, 1.807) is 0 Å². The van der Waals surface area contributed by atoms with Crippen molar-refractivity contribution in [2.75, 3.05) is 0 Å². The third-order valence-electron chi connectivity index (χ3n) is 11.4. The minimum absolute atomic E-state index is 0.145. The molecule has 4 aliphatic heterocycles. The lowest BCUT2D eigenvalue weighted by Gasteiger charge is -2.37. The molecule has 0 saturated carbocycles. The van der Waals surface area contributed by atoms with Gasteiger partial charge in [-0.05, 0) is 55.5 Å². The summed E-state index contributed by atoms with van der Waals surface area (Å²) < 4.78 is 12.9. The van der Waals surface area contributed by atoms with E-state index in [4.69, 9.17) is 0 Å². The van der Waals surface area contributed by atoms with Crippen LogP contribution in [-0.2, 0) is 11.1 Å². The van der Waals surface area contributed by atoms with Crippen LogP contribution in [0, 0.1) is 13.8 Å². The molecule has 1 atom stereocenters. The van der Waals surface area contributed by atoms with E-state index in [0.29, 0.717) is 0 Å². The van der Waals surface area contributed by atoms with Gasteiger partial charge in [0.1, 0.15) is 22.3 Å². The van der Waals surface area contributed by atoms with Crippen molar-refractivity contribution >= 4 is 43.6 Å². The minimum atomic E-state index is -0.574. The van der Waals surface area contributed by atoms with E-state index in [0.717, 1.165) is 0 Å². The molecule has 5 heteroatoms. The molecule has 4 aromatic carbocycles. The smallest absolute Gasteiger partial charge is 0.307 e. The van der Waals surface area contributed by atoms with Gasteiger partial charge >= 0.3 is 5.66 Å². The molecule has 5 nitrogen and oxygen atoms in total. The Kier molecular flexibility index (Phi) is 3.07. The van der Waals surface area contributed by atoms with Gasteiger partial charge in [0.05, 0.1) is 34.2 Å². The van der Waals surface area contributed by atoms with Crippen molar-refractivity contribution in [1.82, 2.24) is 13.8 Å². The van der Waals surface area contributed by atoms with Crippen molar-refractivity contribution in [3.05, 3.63) is 125 Å². The molecule has 0 aliphatic carbocycles. The molecule has 0 N–H and O–H groups in total. The summed E-state index contributed by atoms with van der Waals surface area (Å²) >= 11 is 0. The van der Waals surface area contributed by atoms with Gasteiger partial charge in [-0.25, -0.2) is 0 Å². The standard InChI is InChI=1S/C38H27N5/c1-20-19-21(2)43-38-31-29(40-28-13-6-5-9-22(28)24-15-17-30(42(20)43)32(38)34(24)40)16-14-25-23-10-7-11-26-33(23)41(35(25)31)36-27(37(26,3)4)12-8-18-39(36)38/h5-19H,1-4H3/q+2. The number of fused-ring (bicyclic) bond motifs is 7. The van der Waals surface area contributed by atoms with Gasteiger partial charge in [0.2, 0.25) is 5.69 Å². The van der Waals surface area contributed by atoms with Crippen molar-refractivity contribution in [2.24, 2.45) is 0 Å². The normalized spacial score (nSPS) is 19.0. The Morgan fingerprint density at radius 1 is 0.628 bits per heavy atom. The molecule has 8 heterocycles. The summed E-state index contributed by atoms with van der Waals surface area (Å²) in [7, 11) is 0. The van der Waals surface area contributed by atoms with Gasteiger partial charge in [-0.2, -0.15) is 9.13 Å². The zero-order valence-corrected chi connectivity index (χ0v) is 24.4. The highest BCUT2D eigenvalue weighted by Crippen LogP contribution is 2.57. The topological polar surface area (TPSA) is 22.5 Å². The SMILES string of the molecule is Cc1cc(C)[n+]2n1-c1ccc3c4ccccc4n4c3c1C21c2c-4ccc3c4cccc5c4n(c23)-c2c(ccc[n+]21)C5(C)C. The van der Waals surface area contributed by atoms with Crippen molar-refractivity contribution in [3.8, 4) is 17.2 Å². The van der Waals surface area contributed by atoms with E-state index < -0.39 is 5.66 Å². The molecule has 43 heavy (non-hydrogen) atoms. The Morgan fingerprint density at radius 2 is 1.33 bits per heavy atom. The number of benzene rings is 4. The van der Waals surface area contributed by atoms with Crippen molar-refractivity contribution in [2.45, 2.75) is 38.8 Å². The summed E-state index contributed by atoms with van der Waals surface area (Å²) in [6, 6.07) is 32.4. The van der Waals surface area contributed by atoms with Gasteiger partial charge in [-0.15, -0.1) is 4.68 Å². The highest BCUT2D eigenvalue weighted by atomic mass is 15.5. The first-order valence-electron chi connectivity index (χ1n) is 15.3. The number of aryl methyl sites for hydroxylation is 2. The summed E-state index contributed by atoms with van der Waals surface area (Å²) in [5.41, 5.74) is 15.2. The lowest BCUT2D eigenvalue weighted by molar-refractivity contribution is -0.995. The maximum atomic E-state index is 2.64. The van der Waals surface area contributed by atoms with Crippen LogP contribution in [0.5, 0.6) is 0 Å². The number of nitrogens with zero attached hydrogens (tertiary/aromatic N) is 5. The Morgan fingerprint density at radius 3 is 2.21 bits per heavy atom. The van der Waals surface area contributed by atoms with Gasteiger partial charge in [0.15, 0.2) is 5.52 Å². The van der Waals surface area contributed by atoms with Crippen molar-refractivity contribution in [1.29, 1.82) is 0 Å². The molecule has 4 aromatic heterocycles. The predicted octanol–water partition coefficient (Wildman–Crippen LogP) is 6.74. The molecule has 4 aliphatic rings. The minimum Gasteiger partial charge on any atom is -0.307 e. The van der Waals surface area contributed by atoms with Crippen molar-refractivity contribution < 1.29 is 9.25 Å². The number of rotatable bonds is 0. The fraction of sp³-hybridized carbons (Fsp3) is 0.158. The zero-order chi connectivity index (χ0) is 28.3. The molecule has 8 aromatic rings. The summed E-state index contributed by atoms with van der Waals surface area (Å²) in [5.74, 6) is 1.29. The fourth-order valence-electron chi connectivity index (χ4n) is 9.95. The maximum absolute atomic E-state index is 2.64. The second kappa shape index (κ2) is 6.13. The largest absolute Gasteiger partial charge is 0.394 e. The average molecular weight is 554 g/mol. The van der Waals surface area contributed by atoms with Crippen LogP contribution in [0.4, 0.5) is 0 Å². The third-order valence-corrected chi connectivity index (χ3v) is 11.4. The first-order valence-corrected chi connectivity index (χ1v) is 15.3. The quantitative estimate of drug-likeness (QED) is 0.186. The maximum Gasteiger partial charge on any atom is 0.394 e. The van der Waals surface area contributed by atoms with E-state index in [-0.39, 0.29) is 5.41 Å². The van der Waals surface area contributed by atoms with Crippen LogP contribution in [0.2, 0.25) is 0 Å². The summed E-state index contributed by atoms with van der Waals surface area (Å²) in [4.78, 5) is 0. The molecule has 1 spiro atoms. The van der Waals surface area contributed by atoms with E-state index in [1.165, 1.54) is 94.4 Å². The van der Waals surface area contributed by atoms with Crippen LogP contribution >= 0.6 is 0 Å². The Hall–Kier alpha value is -5.16. The monoisotopic (exact) mass is 553 g/mol. The summed E-state index contributed by atoms with van der Waals surface area (Å²) in [6.45, 7) is 9.35. The van der Waals surface area contributed by atoms with Gasteiger partial charge < -0.3 is 4.57 Å². The second-order valence-electron chi connectivity index (χ2n) is 13.6. The number of pyridine rings is 1. The molecule has 0 saturated heterocycles. The number of aromatic nitrogens is 5. The summed E-state index contributed by atoms with van der Waals surface area (Å²) in [6.07, 6.45) is 2.35. The first-order chi connectivity index (χ1) is 21.0. The number of para-hydroxylation sites is 2. The second-order valence-corrected chi connectivity index (χ2v) is 13.6. The average Bonchev–Trinajstić information content (AvgIpc) is 3.72. The predicted molar refractivity (Wildman–Crippen MR) is 168 cm³/mol.